The molecule has 3 atom stereocenters. The summed E-state index contributed by atoms with van der Waals surface area (Å²) in [6, 6.07) is 4.52. The molecule has 2 aromatic rings. The summed E-state index contributed by atoms with van der Waals surface area (Å²) in [5.74, 6) is 0.783. The van der Waals surface area contributed by atoms with Gasteiger partial charge in [-0.15, -0.1) is 0 Å². The molecular formula is C25H35BrClN5O3. The lowest BCUT2D eigenvalue weighted by molar-refractivity contribution is 0.0192. The second-order valence-corrected chi connectivity index (χ2v) is 12.0. The van der Waals surface area contributed by atoms with E-state index in [0.29, 0.717) is 36.8 Å². The van der Waals surface area contributed by atoms with Crippen LogP contribution in [0.4, 0.5) is 10.6 Å². The number of benzene rings is 1. The Morgan fingerprint density at radius 3 is 2.49 bits per heavy atom. The van der Waals surface area contributed by atoms with Crippen molar-refractivity contribution in [3.05, 3.63) is 21.6 Å². The zero-order chi connectivity index (χ0) is 25.5. The van der Waals surface area contributed by atoms with Crippen molar-refractivity contribution in [1.29, 1.82) is 0 Å². The molecule has 10 heteroatoms. The number of nitrogens with zero attached hydrogens (tertiary/aromatic N) is 5. The largest absolute Gasteiger partial charge is 0.462 e. The molecule has 8 nitrogen and oxygen atoms in total. The van der Waals surface area contributed by atoms with Gasteiger partial charge >= 0.3 is 12.1 Å². The maximum absolute atomic E-state index is 12.7. The first-order valence-electron chi connectivity index (χ1n) is 12.2. The first-order chi connectivity index (χ1) is 16.4. The summed E-state index contributed by atoms with van der Waals surface area (Å²) in [6.07, 6.45) is 1.99. The van der Waals surface area contributed by atoms with E-state index in [1.807, 2.05) is 32.9 Å². The minimum Gasteiger partial charge on any atom is -0.462 e. The molecular weight excluding hydrogens is 534 g/mol. The third-order valence-electron chi connectivity index (χ3n) is 6.59. The number of fused-ring (bicyclic) bond motifs is 1. The van der Waals surface area contributed by atoms with Gasteiger partial charge in [0.05, 0.1) is 10.5 Å². The van der Waals surface area contributed by atoms with Crippen LogP contribution >= 0.6 is 27.5 Å². The summed E-state index contributed by atoms with van der Waals surface area (Å²) in [4.78, 5) is 28.7. The molecule has 3 heterocycles. The number of hydrogen-bond acceptors (Lipinski definition) is 7. The number of aromatic nitrogens is 2. The van der Waals surface area contributed by atoms with Gasteiger partial charge in [-0.1, -0.05) is 11.6 Å². The lowest BCUT2D eigenvalue weighted by atomic mass is 10.1. The first-order valence-corrected chi connectivity index (χ1v) is 13.4. The van der Waals surface area contributed by atoms with Crippen molar-refractivity contribution in [3.63, 3.8) is 0 Å². The Bertz CT molecular complexity index is 1080. The number of likely N-dealkylation sites (tertiary alicyclic amines) is 1. The van der Waals surface area contributed by atoms with Gasteiger partial charge in [-0.3, -0.25) is 0 Å². The highest BCUT2D eigenvalue weighted by atomic mass is 79.9. The standard InChI is InChI=1S/C25H35BrClN5O3/c1-15-12-31(24(33)35-25(3,4)5)13-16(2)32(15)22-18-10-19(26)20(27)11-21(18)28-23(29-22)34-14-17-8-7-9-30(17)6/h10-11,15-17H,7-9,12-14H2,1-6H3/t15-,16+,17-/m0/s1. The number of rotatable bonds is 4. The van der Waals surface area contributed by atoms with Crippen LogP contribution in [0.25, 0.3) is 10.9 Å². The van der Waals surface area contributed by atoms with Gasteiger partial charge in [0, 0.05) is 41.1 Å². The van der Waals surface area contributed by atoms with Crippen LogP contribution in [0.2, 0.25) is 5.02 Å². The summed E-state index contributed by atoms with van der Waals surface area (Å²) in [5, 5.41) is 1.47. The number of ether oxygens (including phenoxy) is 2. The summed E-state index contributed by atoms with van der Waals surface area (Å²) < 4.78 is 12.5. The molecule has 2 saturated heterocycles. The molecule has 0 spiro atoms. The molecule has 0 aliphatic carbocycles. The number of amides is 1. The second kappa shape index (κ2) is 10.3. The minimum absolute atomic E-state index is 0.00707. The zero-order valence-electron chi connectivity index (χ0n) is 21.3. The Morgan fingerprint density at radius 2 is 1.89 bits per heavy atom. The molecule has 0 saturated carbocycles. The van der Waals surface area contributed by atoms with Crippen LogP contribution in [-0.4, -0.2) is 82.9 Å². The van der Waals surface area contributed by atoms with E-state index >= 15 is 0 Å². The normalized spacial score (nSPS) is 23.7. The van der Waals surface area contributed by atoms with E-state index in [4.69, 9.17) is 26.1 Å². The molecule has 1 amide bonds. The number of carbonyl (C=O) groups is 1. The first kappa shape index (κ1) is 26.2. The fourth-order valence-corrected chi connectivity index (χ4v) is 5.43. The molecule has 0 N–H and O–H groups in total. The van der Waals surface area contributed by atoms with E-state index in [9.17, 15) is 4.79 Å². The van der Waals surface area contributed by atoms with Crippen LogP contribution in [0.15, 0.2) is 16.6 Å². The van der Waals surface area contributed by atoms with Crippen LogP contribution in [0.3, 0.4) is 0 Å². The van der Waals surface area contributed by atoms with E-state index in [2.05, 4.69) is 51.6 Å². The average Bonchev–Trinajstić information content (AvgIpc) is 3.16. The number of anilines is 1. The SMILES string of the molecule is C[C@@H]1CN(C(=O)OC(C)(C)C)C[C@H](C)N1c1nc(OC[C@@H]2CCCN2C)nc2cc(Cl)c(Br)cc12. The molecule has 2 aliphatic heterocycles. The molecule has 2 fully saturated rings. The van der Waals surface area contributed by atoms with Crippen molar-refractivity contribution in [3.8, 4) is 6.01 Å². The molecule has 4 rings (SSSR count). The fourth-order valence-electron chi connectivity index (χ4n) is 4.92. The van der Waals surface area contributed by atoms with Crippen LogP contribution < -0.4 is 9.64 Å². The highest BCUT2D eigenvalue weighted by molar-refractivity contribution is 9.10. The topological polar surface area (TPSA) is 71.0 Å². The van der Waals surface area contributed by atoms with Gasteiger partial charge in [-0.05, 0) is 89.1 Å². The molecule has 0 radical (unpaired) electrons. The van der Waals surface area contributed by atoms with Crippen molar-refractivity contribution in [2.75, 3.05) is 38.2 Å². The molecule has 0 bridgehead atoms. The number of likely N-dealkylation sites (N-methyl/N-ethyl adjacent to an activating group) is 1. The molecule has 35 heavy (non-hydrogen) atoms. The summed E-state index contributed by atoms with van der Waals surface area (Å²) >= 11 is 9.97. The lowest BCUT2D eigenvalue weighted by Crippen LogP contribution is -2.59. The Kier molecular flexibility index (Phi) is 7.69. The predicted octanol–water partition coefficient (Wildman–Crippen LogP) is 5.35. The molecule has 1 aromatic heterocycles. The number of piperazine rings is 1. The van der Waals surface area contributed by atoms with Gasteiger partial charge in [0.1, 0.15) is 18.0 Å². The van der Waals surface area contributed by atoms with Crippen molar-refractivity contribution in [2.45, 2.75) is 71.2 Å². The number of halogens is 2. The maximum atomic E-state index is 12.7. The summed E-state index contributed by atoms with van der Waals surface area (Å²) in [6.45, 7) is 12.5. The van der Waals surface area contributed by atoms with Crippen LogP contribution in [0.1, 0.15) is 47.5 Å². The highest BCUT2D eigenvalue weighted by Gasteiger charge is 2.36. The van der Waals surface area contributed by atoms with Gasteiger partial charge in [0.15, 0.2) is 0 Å². The Labute approximate surface area is 221 Å². The molecule has 1 aromatic carbocycles. The number of hydrogen-bond donors (Lipinski definition) is 0. The maximum Gasteiger partial charge on any atom is 0.410 e. The fraction of sp³-hybridized carbons (Fsp3) is 0.640. The minimum atomic E-state index is -0.533. The quantitative estimate of drug-likeness (QED) is 0.492. The molecule has 192 valence electrons. The van der Waals surface area contributed by atoms with Gasteiger partial charge in [0.2, 0.25) is 0 Å². The van der Waals surface area contributed by atoms with Crippen molar-refractivity contribution < 1.29 is 14.3 Å². The Morgan fingerprint density at radius 1 is 1.20 bits per heavy atom. The van der Waals surface area contributed by atoms with E-state index in [1.165, 1.54) is 6.42 Å². The number of carbonyl (C=O) groups excluding carboxylic acids is 1. The van der Waals surface area contributed by atoms with Crippen molar-refractivity contribution >= 4 is 50.3 Å². The second-order valence-electron chi connectivity index (χ2n) is 10.7. The van der Waals surface area contributed by atoms with Crippen LogP contribution in [0, 0.1) is 0 Å². The third kappa shape index (κ3) is 5.94. The summed E-state index contributed by atoms with van der Waals surface area (Å²) in [7, 11) is 2.12. The van der Waals surface area contributed by atoms with Crippen LogP contribution in [-0.2, 0) is 4.74 Å². The van der Waals surface area contributed by atoms with Gasteiger partial charge in [-0.25, -0.2) is 4.79 Å². The zero-order valence-corrected chi connectivity index (χ0v) is 23.7. The smallest absolute Gasteiger partial charge is 0.410 e. The average molecular weight is 569 g/mol. The van der Waals surface area contributed by atoms with E-state index in [1.54, 1.807) is 4.90 Å². The van der Waals surface area contributed by atoms with Gasteiger partial charge in [-0.2, -0.15) is 9.97 Å². The van der Waals surface area contributed by atoms with Crippen LogP contribution in [0.5, 0.6) is 6.01 Å². The van der Waals surface area contributed by atoms with Gasteiger partial charge in [0.25, 0.3) is 0 Å². The van der Waals surface area contributed by atoms with E-state index < -0.39 is 5.60 Å². The van der Waals surface area contributed by atoms with E-state index in [0.717, 1.165) is 34.2 Å². The Balaban J connectivity index is 1.64. The molecule has 2 aliphatic rings. The third-order valence-corrected chi connectivity index (χ3v) is 7.79. The van der Waals surface area contributed by atoms with Crippen molar-refractivity contribution in [2.24, 2.45) is 0 Å². The monoisotopic (exact) mass is 567 g/mol. The van der Waals surface area contributed by atoms with Gasteiger partial charge < -0.3 is 24.2 Å². The Hall–Kier alpha value is -1.84. The van der Waals surface area contributed by atoms with E-state index in [-0.39, 0.29) is 18.2 Å². The summed E-state index contributed by atoms with van der Waals surface area (Å²) in [5.41, 5.74) is 0.196. The molecule has 0 unspecified atom stereocenters. The highest BCUT2D eigenvalue weighted by Crippen LogP contribution is 2.36. The van der Waals surface area contributed by atoms with Crippen molar-refractivity contribution in [1.82, 2.24) is 19.8 Å². The predicted molar refractivity (Wildman–Crippen MR) is 143 cm³/mol. The lowest BCUT2D eigenvalue weighted by Gasteiger charge is -2.45.